The van der Waals surface area contributed by atoms with Gasteiger partial charge in [0, 0.05) is 27.0 Å². The van der Waals surface area contributed by atoms with Gasteiger partial charge in [0.2, 0.25) is 0 Å². The second-order valence-electron chi connectivity index (χ2n) is 3.96. The lowest BCUT2D eigenvalue weighted by Crippen LogP contribution is -1.97. The molecule has 0 spiro atoms. The second-order valence-corrected chi connectivity index (χ2v) is 5.87. The van der Waals surface area contributed by atoms with E-state index in [9.17, 15) is 0 Å². The lowest BCUT2D eigenvalue weighted by molar-refractivity contribution is 1.18. The van der Waals surface area contributed by atoms with Gasteiger partial charge >= 0.3 is 0 Å². The van der Waals surface area contributed by atoms with Crippen molar-refractivity contribution >= 4 is 33.0 Å². The molecule has 0 aliphatic carbocycles. The Morgan fingerprint density at radius 1 is 1.12 bits per heavy atom. The quantitative estimate of drug-likeness (QED) is 0.862. The molecule has 0 aliphatic rings. The summed E-state index contributed by atoms with van der Waals surface area (Å²) in [5, 5.41) is 5.56. The van der Waals surface area contributed by atoms with Crippen molar-refractivity contribution in [1.82, 2.24) is 0 Å². The Hall–Kier alpha value is -0.800. The van der Waals surface area contributed by atoms with E-state index in [2.05, 4.69) is 64.7 Å². The smallest absolute Gasteiger partial charge is 0.0494 e. The molecule has 0 unspecified atom stereocenters. The molecule has 1 aromatic heterocycles. The molecule has 16 heavy (non-hydrogen) atoms. The van der Waals surface area contributed by atoms with Gasteiger partial charge in [-0.15, -0.1) is 11.3 Å². The van der Waals surface area contributed by atoms with Crippen molar-refractivity contribution in [2.45, 2.75) is 20.4 Å². The highest BCUT2D eigenvalue weighted by Gasteiger charge is 1.99. The fraction of sp³-hybridized carbons (Fsp3) is 0.231. The molecule has 1 nitrogen and oxygen atoms in total. The predicted octanol–water partition coefficient (Wildman–Crippen LogP) is 4.74. The zero-order chi connectivity index (χ0) is 11.5. The molecule has 0 atom stereocenters. The molecule has 0 fully saturated rings. The highest BCUT2D eigenvalue weighted by Crippen LogP contribution is 2.21. The number of halogens is 1. The zero-order valence-corrected chi connectivity index (χ0v) is 11.8. The van der Waals surface area contributed by atoms with E-state index in [1.165, 1.54) is 21.7 Å². The van der Waals surface area contributed by atoms with Gasteiger partial charge in [0.15, 0.2) is 0 Å². The topological polar surface area (TPSA) is 12.0 Å². The first-order valence-electron chi connectivity index (χ1n) is 5.18. The molecule has 0 saturated carbocycles. The molecule has 2 rings (SSSR count). The first kappa shape index (κ1) is 11.7. The molecule has 0 bridgehead atoms. The normalized spacial score (nSPS) is 10.4. The van der Waals surface area contributed by atoms with E-state index in [1.54, 1.807) is 11.3 Å². The van der Waals surface area contributed by atoms with Crippen LogP contribution in [0.15, 0.2) is 34.1 Å². The van der Waals surface area contributed by atoms with Crippen molar-refractivity contribution < 1.29 is 0 Å². The Balaban J connectivity index is 2.04. The van der Waals surface area contributed by atoms with Crippen LogP contribution in [0, 0.1) is 13.8 Å². The van der Waals surface area contributed by atoms with Crippen LogP contribution in [0.5, 0.6) is 0 Å². The van der Waals surface area contributed by atoms with Crippen LogP contribution in [0.2, 0.25) is 0 Å². The van der Waals surface area contributed by atoms with Gasteiger partial charge in [-0.1, -0.05) is 6.07 Å². The van der Waals surface area contributed by atoms with E-state index < -0.39 is 0 Å². The Kier molecular flexibility index (Phi) is 3.66. The fourth-order valence-corrected chi connectivity index (χ4v) is 3.10. The molecule has 0 saturated heterocycles. The van der Waals surface area contributed by atoms with Crippen LogP contribution >= 0.6 is 27.3 Å². The van der Waals surface area contributed by atoms with Gasteiger partial charge in [-0.25, -0.2) is 0 Å². The average molecular weight is 296 g/mol. The van der Waals surface area contributed by atoms with E-state index in [4.69, 9.17) is 0 Å². The molecule has 84 valence electrons. The molecule has 0 radical (unpaired) electrons. The summed E-state index contributed by atoms with van der Waals surface area (Å²) in [6.45, 7) is 5.14. The van der Waals surface area contributed by atoms with Gasteiger partial charge in [0.1, 0.15) is 0 Å². The predicted molar refractivity (Wildman–Crippen MR) is 75.3 cm³/mol. The third-order valence-corrected chi connectivity index (χ3v) is 4.01. The number of hydrogen-bond acceptors (Lipinski definition) is 2. The number of aryl methyl sites for hydroxylation is 2. The summed E-state index contributed by atoms with van der Waals surface area (Å²) in [7, 11) is 0. The fourth-order valence-electron chi connectivity index (χ4n) is 1.71. The van der Waals surface area contributed by atoms with E-state index in [-0.39, 0.29) is 0 Å². The third kappa shape index (κ3) is 3.09. The summed E-state index contributed by atoms with van der Waals surface area (Å²) >= 11 is 5.23. The summed E-state index contributed by atoms with van der Waals surface area (Å²) < 4.78 is 1.16. The minimum absolute atomic E-state index is 0.888. The lowest BCUT2D eigenvalue weighted by Gasteiger charge is -2.07. The Bertz CT molecular complexity index is 470. The molecular weight excluding hydrogens is 282 g/mol. The average Bonchev–Trinajstić information content (AvgIpc) is 2.60. The van der Waals surface area contributed by atoms with Crippen LogP contribution in [0.25, 0.3) is 0 Å². The Labute approximate surface area is 109 Å². The maximum Gasteiger partial charge on any atom is 0.0494 e. The van der Waals surface area contributed by atoms with Gasteiger partial charge in [0.05, 0.1) is 0 Å². The zero-order valence-electron chi connectivity index (χ0n) is 9.38. The molecular formula is C13H14BrNS. The van der Waals surface area contributed by atoms with Gasteiger partial charge in [-0.2, -0.15) is 0 Å². The number of anilines is 1. The molecule has 3 heteroatoms. The second kappa shape index (κ2) is 5.02. The van der Waals surface area contributed by atoms with Crippen molar-refractivity contribution in [2.75, 3.05) is 5.32 Å². The van der Waals surface area contributed by atoms with Crippen molar-refractivity contribution in [3.8, 4) is 0 Å². The van der Waals surface area contributed by atoms with E-state index >= 15 is 0 Å². The number of rotatable bonds is 3. The lowest BCUT2D eigenvalue weighted by atomic mass is 10.1. The number of benzene rings is 1. The van der Waals surface area contributed by atoms with Crippen LogP contribution in [-0.2, 0) is 6.54 Å². The van der Waals surface area contributed by atoms with E-state index in [1.807, 2.05) is 0 Å². The molecule has 0 amide bonds. The van der Waals surface area contributed by atoms with Gasteiger partial charge < -0.3 is 5.32 Å². The third-order valence-electron chi connectivity index (χ3n) is 2.31. The summed E-state index contributed by atoms with van der Waals surface area (Å²) in [6.07, 6.45) is 0. The van der Waals surface area contributed by atoms with Crippen molar-refractivity contribution in [3.05, 3.63) is 50.1 Å². The van der Waals surface area contributed by atoms with Gasteiger partial charge in [-0.3, -0.25) is 0 Å². The first-order chi connectivity index (χ1) is 7.63. The van der Waals surface area contributed by atoms with Crippen LogP contribution in [-0.4, -0.2) is 0 Å². The van der Waals surface area contributed by atoms with Gasteiger partial charge in [-0.05, 0) is 59.1 Å². The maximum absolute atomic E-state index is 3.46. The molecule has 1 aromatic carbocycles. The standard InChI is InChI=1S/C13H14BrNS/c1-9-3-10(2)5-12(4-9)15-7-13-6-11(14)8-16-13/h3-6,8,15H,7H2,1-2H3. The number of nitrogens with one attached hydrogen (secondary N) is 1. The summed E-state index contributed by atoms with van der Waals surface area (Å²) in [5.74, 6) is 0. The van der Waals surface area contributed by atoms with Crippen LogP contribution in [0.1, 0.15) is 16.0 Å². The first-order valence-corrected chi connectivity index (χ1v) is 6.86. The summed E-state index contributed by atoms with van der Waals surface area (Å²) in [5.41, 5.74) is 3.80. The molecule has 0 aliphatic heterocycles. The van der Waals surface area contributed by atoms with Crippen LogP contribution < -0.4 is 5.32 Å². The number of hydrogen-bond donors (Lipinski definition) is 1. The van der Waals surface area contributed by atoms with Gasteiger partial charge in [0.25, 0.3) is 0 Å². The number of thiophene rings is 1. The SMILES string of the molecule is Cc1cc(C)cc(NCc2cc(Br)cs2)c1. The molecule has 1 heterocycles. The molecule has 1 N–H and O–H groups in total. The van der Waals surface area contributed by atoms with Crippen LogP contribution in [0.4, 0.5) is 5.69 Å². The molecule has 2 aromatic rings. The van der Waals surface area contributed by atoms with Crippen molar-refractivity contribution in [1.29, 1.82) is 0 Å². The highest BCUT2D eigenvalue weighted by atomic mass is 79.9. The minimum atomic E-state index is 0.888. The van der Waals surface area contributed by atoms with Crippen molar-refractivity contribution in [2.24, 2.45) is 0 Å². The monoisotopic (exact) mass is 295 g/mol. The van der Waals surface area contributed by atoms with Crippen LogP contribution in [0.3, 0.4) is 0 Å². The Morgan fingerprint density at radius 2 is 1.81 bits per heavy atom. The highest BCUT2D eigenvalue weighted by molar-refractivity contribution is 9.10. The maximum atomic E-state index is 3.46. The largest absolute Gasteiger partial charge is 0.380 e. The van der Waals surface area contributed by atoms with Crippen molar-refractivity contribution in [3.63, 3.8) is 0 Å². The van der Waals surface area contributed by atoms with E-state index in [0.717, 1.165) is 11.0 Å². The minimum Gasteiger partial charge on any atom is -0.380 e. The summed E-state index contributed by atoms with van der Waals surface area (Å²) in [6, 6.07) is 8.69. The Morgan fingerprint density at radius 3 is 2.38 bits per heavy atom. The summed E-state index contributed by atoms with van der Waals surface area (Å²) in [4.78, 5) is 1.34. The van der Waals surface area contributed by atoms with E-state index in [0.29, 0.717) is 0 Å².